The number of aryl methyl sites for hydroxylation is 1. The van der Waals surface area contributed by atoms with E-state index in [0.717, 1.165) is 93.4 Å². The van der Waals surface area contributed by atoms with E-state index in [9.17, 15) is 61.2 Å². The number of aliphatic hydroxyl groups excluding tert-OH is 2. The molecule has 5 aromatic carbocycles. The van der Waals surface area contributed by atoms with Crippen molar-refractivity contribution in [1.29, 1.82) is 0 Å². The molecule has 0 bridgehead atoms. The lowest BCUT2D eigenvalue weighted by Gasteiger charge is -2.17. The number of rotatable bonds is 49. The van der Waals surface area contributed by atoms with Crippen LogP contribution in [-0.2, 0) is 89.7 Å². The molecule has 4 heterocycles. The minimum absolute atomic E-state index is 0.0277. The summed E-state index contributed by atoms with van der Waals surface area (Å²) in [5.41, 5.74) is 10.7. The van der Waals surface area contributed by atoms with Gasteiger partial charge in [0.15, 0.2) is 17.3 Å². The predicted molar refractivity (Wildman–Crippen MR) is 441 cm³/mol. The van der Waals surface area contributed by atoms with Crippen molar-refractivity contribution >= 4 is 86.4 Å². The number of ether oxygens (including phenoxy) is 7. The molecule has 7 aromatic rings. The van der Waals surface area contributed by atoms with Gasteiger partial charge in [0.05, 0.1) is 13.2 Å². The van der Waals surface area contributed by atoms with Gasteiger partial charge in [-0.1, -0.05) is 121 Å². The normalized spacial score (nSPS) is 14.2. The van der Waals surface area contributed by atoms with E-state index in [4.69, 9.17) is 57.9 Å². The highest BCUT2D eigenvalue weighted by Crippen LogP contribution is 2.49. The Hall–Kier alpha value is -11.1. The summed E-state index contributed by atoms with van der Waals surface area (Å²) in [6, 6.07) is 30.9. The van der Waals surface area contributed by atoms with Gasteiger partial charge in [-0.3, -0.25) is 57.9 Å². The Bertz CT molecular complexity index is 4830. The van der Waals surface area contributed by atoms with Crippen molar-refractivity contribution in [3.8, 4) is 22.3 Å². The smallest absolute Gasteiger partial charge is 0.432 e. The fraction of sp³-hybridized carbons (Fsp3) is 0.477. The number of pyridine rings is 1. The van der Waals surface area contributed by atoms with E-state index in [1.807, 2.05) is 42.5 Å². The Morgan fingerprint density at radius 1 is 0.492 bits per heavy atom. The molecule has 2 atom stereocenters. The van der Waals surface area contributed by atoms with E-state index in [2.05, 4.69) is 39.2 Å². The standard InChI is InChI=1S/C37H48N2O10.C35H43NO10.C16H17N5O5S/c1-2-3-20-47-23-18-38-33(42)13-6-9-26-14-15-28-30(24-26)31(25-48-37(45)49-39-34(43)16-17-35(39)44)27-10-7-11-29(36(27)28)32(41)12-8-22-46-21-5-4-19-40;1-2-3-17-43-19-6-8-31(38)24-10-12-26-27-13-11-25(32(39)9-7-20-44-18-5-4-16-37)22-29(27)30(28(26)21-24)23-45-35(42)46-36-33(40)14-15-34(36)41;1-2-18-27(23,24)15-11-17-9-7-12(15)8-10-25-16(22)26-21-14-6-4-3-5-13(14)19-20-21/h7,10-11,14-15,24,31,40H,2-6,8-9,12-13,16-23,25H2,1H3,(H,38,42);10-13,21-22,30,37H,2-9,14-20,23H2,1H3;3-7,9,11,18H,2,8,10H2,1H3. The molecule has 122 heavy (non-hydrogen) atoms. The summed E-state index contributed by atoms with van der Waals surface area (Å²) in [5.74, 6) is -3.53. The lowest BCUT2D eigenvalue weighted by Crippen LogP contribution is -2.32. The van der Waals surface area contributed by atoms with E-state index >= 15 is 0 Å². The van der Waals surface area contributed by atoms with Gasteiger partial charge in [-0.25, -0.2) is 27.5 Å². The van der Waals surface area contributed by atoms with Crippen LogP contribution in [0.1, 0.15) is 225 Å². The Morgan fingerprint density at radius 2 is 1.01 bits per heavy atom. The van der Waals surface area contributed by atoms with Crippen LogP contribution in [0.5, 0.6) is 0 Å². The molecule has 2 aromatic heterocycles. The second-order valence-corrected chi connectivity index (χ2v) is 30.8. The van der Waals surface area contributed by atoms with Gasteiger partial charge < -0.3 is 48.7 Å². The van der Waals surface area contributed by atoms with E-state index in [-0.39, 0.29) is 106 Å². The molecule has 33 nitrogen and oxygen atoms in total. The summed E-state index contributed by atoms with van der Waals surface area (Å²) < 4.78 is 64.9. The lowest BCUT2D eigenvalue weighted by atomic mass is 9.93. The summed E-state index contributed by atoms with van der Waals surface area (Å²) in [6.45, 7) is 10.8. The third-order valence-corrected chi connectivity index (χ3v) is 21.8. The van der Waals surface area contributed by atoms with Gasteiger partial charge in [-0.05, 0) is 162 Å². The zero-order valence-corrected chi connectivity index (χ0v) is 70.0. The Kier molecular flexibility index (Phi) is 38.6. The van der Waals surface area contributed by atoms with Crippen LogP contribution in [0.15, 0.2) is 120 Å². The molecule has 4 N–H and O–H groups in total. The monoisotopic (exact) mass is 1710 g/mol. The number of ketones is 3. The first kappa shape index (κ1) is 94.7. The van der Waals surface area contributed by atoms with Crippen LogP contribution in [0.2, 0.25) is 0 Å². The fourth-order valence-electron chi connectivity index (χ4n) is 13.9. The molecule has 0 spiro atoms. The molecule has 4 aliphatic rings. The molecule has 5 amide bonds. The van der Waals surface area contributed by atoms with E-state index in [1.54, 1.807) is 67.6 Å². The number of amides is 5. The molecule has 2 aliphatic heterocycles. The number of carbonyl (C=O) groups is 11. The minimum Gasteiger partial charge on any atom is -0.432 e. The van der Waals surface area contributed by atoms with Crippen molar-refractivity contribution in [1.82, 2.24) is 40.3 Å². The van der Waals surface area contributed by atoms with Crippen molar-refractivity contribution in [2.24, 2.45) is 0 Å². The number of para-hydroxylation sites is 1. The van der Waals surface area contributed by atoms with Gasteiger partial charge in [0.2, 0.25) is 15.9 Å². The number of sulfonamides is 1. The zero-order chi connectivity index (χ0) is 87.2. The van der Waals surface area contributed by atoms with Crippen molar-refractivity contribution in [2.45, 2.75) is 179 Å². The van der Waals surface area contributed by atoms with Crippen LogP contribution >= 0.6 is 0 Å². The number of carbonyl (C=O) groups excluding carboxylic acids is 11. The molecule has 0 saturated carbocycles. The molecule has 2 aliphatic carbocycles. The average molecular weight is 1710 g/mol. The molecule has 0 radical (unpaired) electrons. The first-order chi connectivity index (χ1) is 59.2. The Labute approximate surface area is 707 Å². The second-order valence-electron chi connectivity index (χ2n) is 29.0. The third-order valence-electron chi connectivity index (χ3n) is 20.2. The van der Waals surface area contributed by atoms with Gasteiger partial charge in [0, 0.05) is 171 Å². The first-order valence-corrected chi connectivity index (χ1v) is 43.1. The molecule has 2 fully saturated rings. The number of hydrogen-bond donors (Lipinski definition) is 4. The molecule has 34 heteroatoms. The van der Waals surface area contributed by atoms with Crippen molar-refractivity contribution in [3.05, 3.63) is 166 Å². The van der Waals surface area contributed by atoms with Gasteiger partial charge in [-0.15, -0.1) is 5.10 Å². The number of nitrogens with zero attached hydrogens (tertiary/aromatic N) is 6. The fourth-order valence-corrected chi connectivity index (χ4v) is 15.1. The van der Waals surface area contributed by atoms with Crippen molar-refractivity contribution in [2.75, 3.05) is 99.0 Å². The van der Waals surface area contributed by atoms with E-state index in [0.29, 0.717) is 167 Å². The lowest BCUT2D eigenvalue weighted by molar-refractivity contribution is -0.177. The Balaban J connectivity index is 0.000000216. The van der Waals surface area contributed by atoms with Crippen molar-refractivity contribution < 1.29 is 119 Å². The van der Waals surface area contributed by atoms with E-state index < -0.39 is 64.0 Å². The van der Waals surface area contributed by atoms with Crippen LogP contribution in [0.25, 0.3) is 33.3 Å². The summed E-state index contributed by atoms with van der Waals surface area (Å²) in [5, 5.41) is 29.1. The molecule has 2 unspecified atom stereocenters. The molecule has 656 valence electrons. The molecule has 11 rings (SSSR count). The maximum absolute atomic E-state index is 13.5. The van der Waals surface area contributed by atoms with Gasteiger partial charge >= 0.3 is 18.5 Å². The number of fused-ring (bicyclic) bond motifs is 7. The topological polar surface area (TPSA) is 429 Å². The number of imide groups is 2. The van der Waals surface area contributed by atoms with Crippen LogP contribution in [0.4, 0.5) is 14.4 Å². The average Bonchev–Trinajstić information content (AvgIpc) is 1.60. The van der Waals surface area contributed by atoms with E-state index in [1.165, 1.54) is 12.4 Å². The molecule has 2 saturated heterocycles. The van der Waals surface area contributed by atoms with Crippen LogP contribution in [0.3, 0.4) is 0 Å². The quantitative estimate of drug-likeness (QED) is 0.00687. The summed E-state index contributed by atoms with van der Waals surface area (Å²) >= 11 is 0. The first-order valence-electron chi connectivity index (χ1n) is 41.6. The van der Waals surface area contributed by atoms with Gasteiger partial charge in [0.25, 0.3) is 23.6 Å². The maximum atomic E-state index is 13.5. The van der Waals surface area contributed by atoms with Crippen molar-refractivity contribution in [3.63, 3.8) is 0 Å². The largest absolute Gasteiger partial charge is 0.535 e. The number of aromatic nitrogens is 4. The van der Waals surface area contributed by atoms with Crippen LogP contribution < -0.4 is 14.9 Å². The number of hydrogen-bond acceptors (Lipinski definition) is 28. The number of unbranched alkanes of at least 4 members (excludes halogenated alkanes) is 4. The third kappa shape index (κ3) is 28.0. The summed E-state index contributed by atoms with van der Waals surface area (Å²) in [4.78, 5) is 156. The SMILES string of the molecule is CCCCOCCCC(=O)c1ccc2c(c1)C(COC(=O)ON1C(=O)CCC1=O)c1cc(C(=O)CCCOCCCCO)ccc1-2.CCCCOCCNC(=O)CCCc1ccc2c(c1)C(COC(=O)ON1C(=O)CCC1=O)c1cccc(C(=O)CCCOCCCCO)c1-2.CCNS(=O)(=O)c1cnccc1CCOC(=O)On1nnc2ccccc21. The number of hydroxylamine groups is 4. The number of aliphatic hydroxyl groups is 2. The highest BCUT2D eigenvalue weighted by atomic mass is 32.2. The number of benzene rings is 5. The Morgan fingerprint density at radius 3 is 1.57 bits per heavy atom. The van der Waals surface area contributed by atoms with Crippen LogP contribution in [0, 0.1) is 0 Å². The minimum atomic E-state index is -3.66. The van der Waals surface area contributed by atoms with Gasteiger partial charge in [0.1, 0.15) is 29.1 Å². The maximum Gasteiger partial charge on any atom is 0.535 e. The van der Waals surface area contributed by atoms with Gasteiger partial charge in [-0.2, -0.15) is 0 Å². The number of Topliss-reactive ketones (excluding diaryl/α,β-unsaturated/α-hetero) is 3. The highest BCUT2D eigenvalue weighted by Gasteiger charge is 2.39. The summed E-state index contributed by atoms with van der Waals surface area (Å²) in [6.07, 6.45) is 10.7. The molecular formula is C88H108N8O25S. The second kappa shape index (κ2) is 49.7. The highest BCUT2D eigenvalue weighted by molar-refractivity contribution is 7.89. The number of nitrogens with one attached hydrogen (secondary N) is 2. The predicted octanol–water partition coefficient (Wildman–Crippen LogP) is 11.5. The summed E-state index contributed by atoms with van der Waals surface area (Å²) in [7, 11) is -3.66. The molecular weight excluding hydrogens is 1600 g/mol. The van der Waals surface area contributed by atoms with Crippen LogP contribution in [-0.4, -0.2) is 213 Å². The zero-order valence-electron chi connectivity index (χ0n) is 69.2.